The fourth-order valence-corrected chi connectivity index (χ4v) is 5.54. The average Bonchev–Trinajstić information content (AvgIpc) is 3.66. The maximum absolute atomic E-state index is 12.8. The van der Waals surface area contributed by atoms with Crippen LogP contribution in [0.3, 0.4) is 0 Å². The Morgan fingerprint density at radius 2 is 1.89 bits per heavy atom. The molecule has 35 heavy (non-hydrogen) atoms. The molecule has 5 rings (SSSR count). The Bertz CT molecular complexity index is 1110. The van der Waals surface area contributed by atoms with Crippen LogP contribution in [0.25, 0.3) is 0 Å². The van der Waals surface area contributed by atoms with Crippen molar-refractivity contribution >= 4 is 27.2 Å². The van der Waals surface area contributed by atoms with Gasteiger partial charge < -0.3 is 14.6 Å². The minimum Gasteiger partial charge on any atom is -0.494 e. The van der Waals surface area contributed by atoms with Crippen LogP contribution in [0.1, 0.15) is 65.6 Å². The molecule has 2 aromatic rings. The summed E-state index contributed by atoms with van der Waals surface area (Å²) in [7, 11) is 1.96. The lowest BCUT2D eigenvalue weighted by Crippen LogP contribution is -2.52. The number of ether oxygens (including phenoxy) is 1. The first-order chi connectivity index (χ1) is 16.9. The number of nitrogens with one attached hydrogen (secondary N) is 1. The predicted octanol–water partition coefficient (Wildman–Crippen LogP) is 4.78. The van der Waals surface area contributed by atoms with Gasteiger partial charge in [0.15, 0.2) is 0 Å². The number of carbonyl (C=O) groups is 2. The molecule has 8 heteroatoms. The molecule has 2 heterocycles. The molecule has 1 unspecified atom stereocenters. The number of hydrogen-bond donors (Lipinski definition) is 1. The molecule has 2 amide bonds. The summed E-state index contributed by atoms with van der Waals surface area (Å²) in [5.74, 6) is 1.28. The maximum atomic E-state index is 12.8. The number of aryl methyl sites for hydroxylation is 1. The fourth-order valence-electron chi connectivity index (χ4n) is 5.40. The number of urea groups is 1. The summed E-state index contributed by atoms with van der Waals surface area (Å²) in [6, 6.07) is 11.5. The first kappa shape index (κ1) is 24.1. The molecule has 1 aliphatic carbocycles. The Kier molecular flexibility index (Phi) is 6.73. The standard InChI is InChI=1S/C27H34N3O4P/c1-3-33-24-15-21(23(14-18(24)2)19-4-5-19)16-29-12-10-27(11-13-29)17-30(26(32)28-27)22-8-6-20(7-9-22)25(31)34-35/h6-9,14-15,19H,3-5,10-13,16-17,35H2,1-2H3,(H,28,32). The third-order valence-electron chi connectivity index (χ3n) is 7.56. The molecular formula is C27H34N3O4P. The van der Waals surface area contributed by atoms with Crippen molar-refractivity contribution < 1.29 is 18.8 Å². The van der Waals surface area contributed by atoms with Crippen LogP contribution < -0.4 is 15.0 Å². The van der Waals surface area contributed by atoms with Crippen LogP contribution in [-0.2, 0) is 11.1 Å². The Morgan fingerprint density at radius 1 is 1.17 bits per heavy atom. The van der Waals surface area contributed by atoms with E-state index in [4.69, 9.17) is 4.74 Å². The van der Waals surface area contributed by atoms with Crippen LogP contribution in [-0.4, -0.2) is 48.7 Å². The number of likely N-dealkylation sites (tertiary alicyclic amines) is 1. The van der Waals surface area contributed by atoms with E-state index >= 15 is 0 Å². The highest BCUT2D eigenvalue weighted by molar-refractivity contribution is 7.10. The molecule has 2 aromatic carbocycles. The van der Waals surface area contributed by atoms with E-state index in [0.29, 0.717) is 24.6 Å². The van der Waals surface area contributed by atoms with Crippen molar-refractivity contribution in [2.75, 3.05) is 31.1 Å². The van der Waals surface area contributed by atoms with Gasteiger partial charge in [-0.2, -0.15) is 0 Å². The number of hydrogen-bond acceptors (Lipinski definition) is 5. The van der Waals surface area contributed by atoms with E-state index in [0.717, 1.165) is 43.9 Å². The van der Waals surface area contributed by atoms with Crippen molar-refractivity contribution in [2.45, 2.75) is 57.5 Å². The molecule has 2 saturated heterocycles. The number of rotatable bonds is 7. The molecule has 0 bridgehead atoms. The Morgan fingerprint density at radius 3 is 2.51 bits per heavy atom. The van der Waals surface area contributed by atoms with Gasteiger partial charge in [-0.15, -0.1) is 0 Å². The summed E-state index contributed by atoms with van der Waals surface area (Å²) in [6.45, 7) is 8.29. The second-order valence-corrected chi connectivity index (χ2v) is 10.3. The maximum Gasteiger partial charge on any atom is 0.340 e. The Labute approximate surface area is 209 Å². The molecule has 1 atom stereocenters. The zero-order valence-corrected chi connectivity index (χ0v) is 21.7. The molecule has 3 fully saturated rings. The van der Waals surface area contributed by atoms with Crippen molar-refractivity contribution in [1.82, 2.24) is 10.2 Å². The molecule has 1 N–H and O–H groups in total. The van der Waals surface area contributed by atoms with Crippen LogP contribution in [0.2, 0.25) is 0 Å². The third kappa shape index (κ3) is 5.03. The van der Waals surface area contributed by atoms with Gasteiger partial charge in [-0.1, -0.05) is 6.07 Å². The first-order valence-corrected chi connectivity index (χ1v) is 13.0. The molecule has 1 saturated carbocycles. The van der Waals surface area contributed by atoms with Crippen molar-refractivity contribution in [1.29, 1.82) is 0 Å². The Hall–Kier alpha value is -2.63. The monoisotopic (exact) mass is 495 g/mol. The van der Waals surface area contributed by atoms with Crippen molar-refractivity contribution in [2.24, 2.45) is 0 Å². The predicted molar refractivity (Wildman–Crippen MR) is 139 cm³/mol. The normalized spacial score (nSPS) is 19.6. The molecule has 1 spiro atoms. The topological polar surface area (TPSA) is 71.1 Å². The van der Waals surface area contributed by atoms with Crippen molar-refractivity contribution in [3.8, 4) is 5.75 Å². The molecular weight excluding hydrogens is 461 g/mol. The highest BCUT2D eigenvalue weighted by Crippen LogP contribution is 2.44. The van der Waals surface area contributed by atoms with Gasteiger partial charge in [-0.05, 0) is 92.5 Å². The van der Waals surface area contributed by atoms with Crippen LogP contribution in [0, 0.1) is 6.92 Å². The van der Waals surface area contributed by atoms with Gasteiger partial charge in [0.25, 0.3) is 0 Å². The summed E-state index contributed by atoms with van der Waals surface area (Å²) in [5.41, 5.74) is 5.13. The van der Waals surface area contributed by atoms with Crippen molar-refractivity contribution in [3.63, 3.8) is 0 Å². The molecule has 186 valence electrons. The second-order valence-electron chi connectivity index (χ2n) is 10.0. The third-order valence-corrected chi connectivity index (χ3v) is 7.77. The zero-order valence-electron chi connectivity index (χ0n) is 20.5. The molecule has 0 radical (unpaired) electrons. The number of amides is 2. The molecule has 0 aromatic heterocycles. The number of benzene rings is 2. The van der Waals surface area contributed by atoms with Gasteiger partial charge in [0.05, 0.1) is 33.7 Å². The smallest absolute Gasteiger partial charge is 0.340 e. The summed E-state index contributed by atoms with van der Waals surface area (Å²) in [6.07, 6.45) is 4.39. The van der Waals surface area contributed by atoms with Gasteiger partial charge in [-0.25, -0.2) is 9.59 Å². The lowest BCUT2D eigenvalue weighted by molar-refractivity contribution is 0.0765. The van der Waals surface area contributed by atoms with Crippen LogP contribution >= 0.6 is 9.47 Å². The molecule has 2 aliphatic heterocycles. The minimum atomic E-state index is -0.414. The van der Waals surface area contributed by atoms with E-state index in [1.807, 2.05) is 16.4 Å². The average molecular weight is 496 g/mol. The van der Waals surface area contributed by atoms with Crippen LogP contribution in [0.15, 0.2) is 36.4 Å². The van der Waals surface area contributed by atoms with E-state index in [-0.39, 0.29) is 11.6 Å². The fraction of sp³-hybridized carbons (Fsp3) is 0.481. The number of piperidine rings is 1. The number of carbonyl (C=O) groups excluding carboxylic acids is 2. The summed E-state index contributed by atoms with van der Waals surface area (Å²) in [5, 5.41) is 3.27. The highest BCUT2D eigenvalue weighted by atomic mass is 31.0. The van der Waals surface area contributed by atoms with E-state index in [2.05, 4.69) is 33.8 Å². The van der Waals surface area contributed by atoms with E-state index in [9.17, 15) is 9.59 Å². The van der Waals surface area contributed by atoms with Crippen LogP contribution in [0.4, 0.5) is 10.5 Å². The Balaban J connectivity index is 1.24. The van der Waals surface area contributed by atoms with Gasteiger partial charge in [0.1, 0.15) is 5.75 Å². The van der Waals surface area contributed by atoms with Gasteiger partial charge in [0.2, 0.25) is 0 Å². The van der Waals surface area contributed by atoms with Gasteiger partial charge in [-0.3, -0.25) is 9.80 Å². The quantitative estimate of drug-likeness (QED) is 0.560. The number of anilines is 1. The molecule has 7 nitrogen and oxygen atoms in total. The number of nitrogens with zero attached hydrogens (tertiary/aromatic N) is 2. The summed E-state index contributed by atoms with van der Waals surface area (Å²) >= 11 is 0. The van der Waals surface area contributed by atoms with E-state index < -0.39 is 5.97 Å². The zero-order chi connectivity index (χ0) is 24.6. The second kappa shape index (κ2) is 9.79. The largest absolute Gasteiger partial charge is 0.494 e. The molecule has 3 aliphatic rings. The van der Waals surface area contributed by atoms with Crippen molar-refractivity contribution in [3.05, 3.63) is 58.7 Å². The lowest BCUT2D eigenvalue weighted by Gasteiger charge is -2.39. The van der Waals surface area contributed by atoms with Crippen LogP contribution in [0.5, 0.6) is 5.75 Å². The highest BCUT2D eigenvalue weighted by Gasteiger charge is 2.45. The summed E-state index contributed by atoms with van der Waals surface area (Å²) < 4.78 is 10.6. The first-order valence-electron chi connectivity index (χ1n) is 12.5. The lowest BCUT2D eigenvalue weighted by atomic mass is 9.87. The van der Waals surface area contributed by atoms with E-state index in [1.54, 1.807) is 29.2 Å². The summed E-state index contributed by atoms with van der Waals surface area (Å²) in [4.78, 5) is 28.8. The van der Waals surface area contributed by atoms with E-state index in [1.165, 1.54) is 29.5 Å². The van der Waals surface area contributed by atoms with Gasteiger partial charge in [0, 0.05) is 25.3 Å². The SMILES string of the molecule is CCOc1cc(CN2CCC3(CC2)CN(c2ccc(C(=O)OP)cc2)C(=O)N3)c(C2CC2)cc1C. The van der Waals surface area contributed by atoms with Gasteiger partial charge >= 0.3 is 12.0 Å². The minimum absolute atomic E-state index is 0.0734.